The molecule has 0 aliphatic carbocycles. The molecule has 0 aromatic carbocycles. The minimum Gasteiger partial charge on any atom is -0.336 e. The molecule has 0 spiro atoms. The molecule has 2 heterocycles. The number of hydrogen-bond donors (Lipinski definition) is 1. The first-order chi connectivity index (χ1) is 10.1. The van der Waals surface area contributed by atoms with Crippen molar-refractivity contribution in [2.45, 2.75) is 57.9 Å². The van der Waals surface area contributed by atoms with E-state index in [1.807, 2.05) is 4.90 Å². The molecule has 1 unspecified atom stereocenters. The average molecular weight is 295 g/mol. The Bertz CT molecular complexity index is 395. The molecule has 0 bridgehead atoms. The molecule has 2 saturated heterocycles. The van der Waals surface area contributed by atoms with E-state index in [1.54, 1.807) is 0 Å². The van der Waals surface area contributed by atoms with Gasteiger partial charge >= 0.3 is 6.03 Å². The highest BCUT2D eigenvalue weighted by molar-refractivity contribution is 6.01. The van der Waals surface area contributed by atoms with E-state index in [0.717, 1.165) is 25.8 Å². The maximum Gasteiger partial charge on any atom is 0.317 e. The highest BCUT2D eigenvalue weighted by Gasteiger charge is 2.29. The van der Waals surface area contributed by atoms with Gasteiger partial charge in [-0.3, -0.25) is 14.5 Å². The zero-order valence-electron chi connectivity index (χ0n) is 12.8. The number of rotatable bonds is 4. The van der Waals surface area contributed by atoms with Gasteiger partial charge in [0.05, 0.1) is 0 Å². The maximum absolute atomic E-state index is 12.3. The van der Waals surface area contributed by atoms with Gasteiger partial charge in [-0.25, -0.2) is 4.79 Å². The molecule has 0 radical (unpaired) electrons. The van der Waals surface area contributed by atoms with Crippen LogP contribution in [0.4, 0.5) is 4.79 Å². The van der Waals surface area contributed by atoms with Gasteiger partial charge in [0.2, 0.25) is 11.8 Å². The van der Waals surface area contributed by atoms with Gasteiger partial charge in [0.15, 0.2) is 0 Å². The Morgan fingerprint density at radius 1 is 1.19 bits per heavy atom. The molecule has 0 aromatic rings. The van der Waals surface area contributed by atoms with Crippen LogP contribution in [0.15, 0.2) is 0 Å². The molecule has 0 aromatic heterocycles. The molecule has 6 heteroatoms. The quantitative estimate of drug-likeness (QED) is 0.799. The fraction of sp³-hybridized carbons (Fsp3) is 0.800. The number of carbonyl (C=O) groups excluding carboxylic acids is 3. The SMILES string of the molecule is CCC1CCCCCN1C(=O)NCCN1C(=O)CCC1=O. The Morgan fingerprint density at radius 2 is 1.90 bits per heavy atom. The van der Waals surface area contributed by atoms with Crippen molar-refractivity contribution in [3.63, 3.8) is 0 Å². The van der Waals surface area contributed by atoms with Gasteiger partial charge in [0.25, 0.3) is 0 Å². The van der Waals surface area contributed by atoms with Crippen LogP contribution in [-0.4, -0.2) is 53.3 Å². The van der Waals surface area contributed by atoms with Crippen LogP contribution in [0.5, 0.6) is 0 Å². The van der Waals surface area contributed by atoms with Crippen LogP contribution >= 0.6 is 0 Å². The minimum atomic E-state index is -0.129. The van der Waals surface area contributed by atoms with Gasteiger partial charge in [-0.05, 0) is 19.3 Å². The Hall–Kier alpha value is -1.59. The lowest BCUT2D eigenvalue weighted by atomic mass is 10.1. The predicted octanol–water partition coefficient (Wildman–Crippen LogP) is 1.50. The van der Waals surface area contributed by atoms with E-state index >= 15 is 0 Å². The van der Waals surface area contributed by atoms with E-state index in [4.69, 9.17) is 0 Å². The lowest BCUT2D eigenvalue weighted by Gasteiger charge is -2.29. The van der Waals surface area contributed by atoms with Gasteiger partial charge in [-0.1, -0.05) is 19.8 Å². The largest absolute Gasteiger partial charge is 0.336 e. The molecular weight excluding hydrogens is 270 g/mol. The van der Waals surface area contributed by atoms with E-state index in [0.29, 0.717) is 25.4 Å². The molecule has 2 aliphatic rings. The summed E-state index contributed by atoms with van der Waals surface area (Å²) in [5, 5.41) is 2.85. The van der Waals surface area contributed by atoms with E-state index < -0.39 is 0 Å². The summed E-state index contributed by atoms with van der Waals surface area (Å²) < 4.78 is 0. The highest BCUT2D eigenvalue weighted by Crippen LogP contribution is 2.19. The Labute approximate surface area is 125 Å². The molecule has 118 valence electrons. The summed E-state index contributed by atoms with van der Waals surface area (Å²) >= 11 is 0. The molecule has 1 N–H and O–H groups in total. The monoisotopic (exact) mass is 295 g/mol. The van der Waals surface area contributed by atoms with Crippen molar-refractivity contribution in [2.24, 2.45) is 0 Å². The second-order valence-corrected chi connectivity index (χ2v) is 5.78. The van der Waals surface area contributed by atoms with Gasteiger partial charge in [0, 0.05) is 38.5 Å². The third-order valence-corrected chi connectivity index (χ3v) is 4.38. The predicted molar refractivity (Wildman–Crippen MR) is 78.6 cm³/mol. The molecule has 6 nitrogen and oxygen atoms in total. The third-order valence-electron chi connectivity index (χ3n) is 4.38. The number of urea groups is 1. The highest BCUT2D eigenvalue weighted by atomic mass is 16.2. The van der Waals surface area contributed by atoms with Crippen molar-refractivity contribution in [1.82, 2.24) is 15.1 Å². The number of amides is 4. The molecule has 2 aliphatic heterocycles. The van der Waals surface area contributed by atoms with E-state index in [-0.39, 0.29) is 24.4 Å². The third kappa shape index (κ3) is 3.95. The van der Waals surface area contributed by atoms with E-state index in [1.165, 1.54) is 17.7 Å². The van der Waals surface area contributed by atoms with Crippen LogP contribution in [0.1, 0.15) is 51.9 Å². The van der Waals surface area contributed by atoms with Gasteiger partial charge in [-0.2, -0.15) is 0 Å². The Balaban J connectivity index is 1.80. The fourth-order valence-corrected chi connectivity index (χ4v) is 3.12. The van der Waals surface area contributed by atoms with Crippen molar-refractivity contribution in [3.05, 3.63) is 0 Å². The van der Waals surface area contributed by atoms with Crippen LogP contribution in [-0.2, 0) is 9.59 Å². The lowest BCUT2D eigenvalue weighted by Crippen LogP contribution is -2.48. The summed E-state index contributed by atoms with van der Waals surface area (Å²) in [6.07, 6.45) is 6.04. The second kappa shape index (κ2) is 7.43. The van der Waals surface area contributed by atoms with Gasteiger partial charge in [0.1, 0.15) is 0 Å². The number of nitrogens with zero attached hydrogens (tertiary/aromatic N) is 2. The zero-order valence-corrected chi connectivity index (χ0v) is 12.8. The summed E-state index contributed by atoms with van der Waals surface area (Å²) in [6, 6.07) is 0.241. The fourth-order valence-electron chi connectivity index (χ4n) is 3.12. The molecule has 0 saturated carbocycles. The summed E-state index contributed by atoms with van der Waals surface area (Å²) in [5.74, 6) is -0.258. The van der Waals surface area contributed by atoms with Crippen molar-refractivity contribution in [1.29, 1.82) is 0 Å². The molecule has 2 fully saturated rings. The van der Waals surface area contributed by atoms with Crippen molar-refractivity contribution >= 4 is 17.8 Å². The Morgan fingerprint density at radius 3 is 2.57 bits per heavy atom. The van der Waals surface area contributed by atoms with Crippen molar-refractivity contribution < 1.29 is 14.4 Å². The van der Waals surface area contributed by atoms with Gasteiger partial charge in [-0.15, -0.1) is 0 Å². The van der Waals surface area contributed by atoms with Gasteiger partial charge < -0.3 is 10.2 Å². The van der Waals surface area contributed by atoms with Crippen LogP contribution in [0.2, 0.25) is 0 Å². The minimum absolute atomic E-state index is 0.0668. The summed E-state index contributed by atoms with van der Waals surface area (Å²) in [5.41, 5.74) is 0. The summed E-state index contributed by atoms with van der Waals surface area (Å²) in [6.45, 7) is 3.53. The average Bonchev–Trinajstić information content (AvgIpc) is 2.71. The first-order valence-corrected chi connectivity index (χ1v) is 8.01. The van der Waals surface area contributed by atoms with Crippen LogP contribution in [0.25, 0.3) is 0 Å². The van der Waals surface area contributed by atoms with Crippen molar-refractivity contribution in [2.75, 3.05) is 19.6 Å². The molecule has 2 rings (SSSR count). The smallest absolute Gasteiger partial charge is 0.317 e. The summed E-state index contributed by atoms with van der Waals surface area (Å²) in [4.78, 5) is 38.4. The molecule has 21 heavy (non-hydrogen) atoms. The number of hydrogen-bond acceptors (Lipinski definition) is 3. The second-order valence-electron chi connectivity index (χ2n) is 5.78. The normalized spacial score (nSPS) is 23.4. The van der Waals surface area contributed by atoms with Crippen LogP contribution in [0.3, 0.4) is 0 Å². The zero-order chi connectivity index (χ0) is 15.2. The number of likely N-dealkylation sites (tertiary alicyclic amines) is 2. The topological polar surface area (TPSA) is 69.7 Å². The van der Waals surface area contributed by atoms with E-state index in [9.17, 15) is 14.4 Å². The number of imide groups is 1. The molecule has 4 amide bonds. The molecular formula is C15H25N3O3. The number of carbonyl (C=O) groups is 3. The summed E-state index contributed by atoms with van der Waals surface area (Å²) in [7, 11) is 0. The first kappa shape index (κ1) is 15.8. The molecule has 1 atom stereocenters. The standard InChI is InChI=1S/C15H25N3O3/c1-2-12-6-4-3-5-10-17(12)15(21)16-9-11-18-13(19)7-8-14(18)20/h12H,2-11H2,1H3,(H,16,21). The Kier molecular flexibility index (Phi) is 5.59. The van der Waals surface area contributed by atoms with Crippen LogP contribution in [0, 0.1) is 0 Å². The maximum atomic E-state index is 12.3. The first-order valence-electron chi connectivity index (χ1n) is 8.01. The number of nitrogens with one attached hydrogen (secondary N) is 1. The van der Waals surface area contributed by atoms with Crippen LogP contribution < -0.4 is 5.32 Å². The lowest BCUT2D eigenvalue weighted by molar-refractivity contribution is -0.138. The van der Waals surface area contributed by atoms with E-state index in [2.05, 4.69) is 12.2 Å². The van der Waals surface area contributed by atoms with Crippen molar-refractivity contribution in [3.8, 4) is 0 Å².